The molecule has 5 rings (SSSR count). The summed E-state index contributed by atoms with van der Waals surface area (Å²) < 4.78 is 19.9. The minimum Gasteiger partial charge on any atom is -0.422 e. The summed E-state index contributed by atoms with van der Waals surface area (Å²) in [6.07, 6.45) is 0. The summed E-state index contributed by atoms with van der Waals surface area (Å²) in [6.45, 7) is 0. The maximum atomic E-state index is 13.2. The number of hydrogen-bond donors (Lipinski definition) is 1. The number of thiazole rings is 1. The standard InChI is InChI=1S/C20H11FN4O3S/c21-13-7-5-11(6-8-13)15-10-29-20-23-19(24-25(15)20)22-17(26)14-9-12-3-1-2-4-16(12)28-18(14)27/h1-10H,(H,22,24,26). The molecule has 0 aliphatic rings. The quantitative estimate of drug-likeness (QED) is 0.458. The Morgan fingerprint density at radius 2 is 1.93 bits per heavy atom. The molecule has 29 heavy (non-hydrogen) atoms. The molecule has 7 nitrogen and oxygen atoms in total. The van der Waals surface area contributed by atoms with Crippen LogP contribution in [0.4, 0.5) is 10.3 Å². The van der Waals surface area contributed by atoms with E-state index in [0.29, 0.717) is 21.6 Å². The molecule has 142 valence electrons. The maximum absolute atomic E-state index is 13.2. The van der Waals surface area contributed by atoms with Gasteiger partial charge in [-0.1, -0.05) is 18.2 Å². The van der Waals surface area contributed by atoms with E-state index in [-0.39, 0.29) is 17.3 Å². The molecule has 0 atom stereocenters. The summed E-state index contributed by atoms with van der Waals surface area (Å²) in [6, 6.07) is 14.4. The molecule has 0 spiro atoms. The van der Waals surface area contributed by atoms with Gasteiger partial charge in [-0.05, 0) is 36.4 Å². The largest absolute Gasteiger partial charge is 0.422 e. The second-order valence-electron chi connectivity index (χ2n) is 6.20. The van der Waals surface area contributed by atoms with E-state index in [0.717, 1.165) is 5.56 Å². The van der Waals surface area contributed by atoms with E-state index in [9.17, 15) is 14.0 Å². The van der Waals surface area contributed by atoms with Gasteiger partial charge in [0.1, 0.15) is 17.0 Å². The van der Waals surface area contributed by atoms with Crippen LogP contribution in [0.3, 0.4) is 0 Å². The van der Waals surface area contributed by atoms with Crippen molar-refractivity contribution in [2.24, 2.45) is 0 Å². The lowest BCUT2D eigenvalue weighted by atomic mass is 10.2. The molecule has 2 aromatic carbocycles. The summed E-state index contributed by atoms with van der Waals surface area (Å²) in [4.78, 5) is 29.5. The van der Waals surface area contributed by atoms with Gasteiger partial charge in [0.2, 0.25) is 4.96 Å². The Morgan fingerprint density at radius 1 is 1.14 bits per heavy atom. The van der Waals surface area contributed by atoms with E-state index < -0.39 is 11.5 Å². The Hall–Kier alpha value is -3.85. The SMILES string of the molecule is O=C(Nc1nc2scc(-c3ccc(F)cc3)n2n1)c1cc2ccccc2oc1=O. The predicted octanol–water partition coefficient (Wildman–Crippen LogP) is 3.96. The van der Waals surface area contributed by atoms with Gasteiger partial charge in [-0.25, -0.2) is 13.7 Å². The van der Waals surface area contributed by atoms with Crippen LogP contribution >= 0.6 is 11.3 Å². The number of fused-ring (bicyclic) bond motifs is 2. The molecule has 9 heteroatoms. The molecule has 0 fully saturated rings. The Kier molecular flexibility index (Phi) is 3.95. The first-order valence-electron chi connectivity index (χ1n) is 8.53. The van der Waals surface area contributed by atoms with E-state index >= 15 is 0 Å². The van der Waals surface area contributed by atoms with Gasteiger partial charge in [-0.3, -0.25) is 10.1 Å². The number of hydrogen-bond acceptors (Lipinski definition) is 6. The van der Waals surface area contributed by atoms with E-state index in [2.05, 4.69) is 15.4 Å². The Labute approximate surface area is 166 Å². The molecule has 1 amide bonds. The number of nitrogens with zero attached hydrogens (tertiary/aromatic N) is 3. The lowest BCUT2D eigenvalue weighted by molar-refractivity contribution is 0.102. The van der Waals surface area contributed by atoms with Crippen LogP contribution in [-0.4, -0.2) is 20.5 Å². The maximum Gasteiger partial charge on any atom is 0.349 e. The third-order valence-corrected chi connectivity index (χ3v) is 5.15. The van der Waals surface area contributed by atoms with Crippen molar-refractivity contribution >= 4 is 39.1 Å². The zero-order chi connectivity index (χ0) is 20.0. The van der Waals surface area contributed by atoms with Gasteiger partial charge >= 0.3 is 5.63 Å². The molecular formula is C20H11FN4O3S. The van der Waals surface area contributed by atoms with Crippen LogP contribution < -0.4 is 10.9 Å². The van der Waals surface area contributed by atoms with Crippen molar-refractivity contribution in [3.63, 3.8) is 0 Å². The van der Waals surface area contributed by atoms with Crippen LogP contribution in [0.25, 0.3) is 27.2 Å². The molecule has 3 heterocycles. The van der Waals surface area contributed by atoms with Gasteiger partial charge in [-0.2, -0.15) is 4.98 Å². The molecule has 0 unspecified atom stereocenters. The first-order valence-corrected chi connectivity index (χ1v) is 9.41. The number of para-hydroxylation sites is 1. The number of benzene rings is 2. The molecule has 0 radical (unpaired) electrons. The predicted molar refractivity (Wildman–Crippen MR) is 107 cm³/mol. The summed E-state index contributed by atoms with van der Waals surface area (Å²) in [5, 5.41) is 9.29. The minimum absolute atomic E-state index is 0.0535. The summed E-state index contributed by atoms with van der Waals surface area (Å²) in [5.41, 5.74) is 0.993. The highest BCUT2D eigenvalue weighted by Gasteiger charge is 2.17. The van der Waals surface area contributed by atoms with Gasteiger partial charge in [0, 0.05) is 16.3 Å². The van der Waals surface area contributed by atoms with Crippen LogP contribution in [0.15, 0.2) is 69.2 Å². The number of rotatable bonds is 3. The topological polar surface area (TPSA) is 89.5 Å². The second-order valence-corrected chi connectivity index (χ2v) is 7.03. The summed E-state index contributed by atoms with van der Waals surface area (Å²) >= 11 is 1.33. The summed E-state index contributed by atoms with van der Waals surface area (Å²) in [7, 11) is 0. The molecular weight excluding hydrogens is 395 g/mol. The van der Waals surface area contributed by atoms with E-state index in [4.69, 9.17) is 4.42 Å². The smallest absolute Gasteiger partial charge is 0.349 e. The van der Waals surface area contributed by atoms with Gasteiger partial charge < -0.3 is 4.42 Å². The van der Waals surface area contributed by atoms with Gasteiger partial charge in [0.15, 0.2) is 0 Å². The Balaban J connectivity index is 1.48. The van der Waals surface area contributed by atoms with E-state index in [1.54, 1.807) is 40.9 Å². The number of anilines is 1. The zero-order valence-corrected chi connectivity index (χ0v) is 15.4. The number of aromatic nitrogens is 3. The highest BCUT2D eigenvalue weighted by atomic mass is 32.1. The molecule has 0 bridgehead atoms. The first kappa shape index (κ1) is 17.3. The van der Waals surface area contributed by atoms with Gasteiger partial charge in [0.25, 0.3) is 11.9 Å². The van der Waals surface area contributed by atoms with Gasteiger partial charge in [0.05, 0.1) is 5.69 Å². The number of carbonyl (C=O) groups excluding carboxylic acids is 1. The third kappa shape index (κ3) is 3.07. The van der Waals surface area contributed by atoms with Crippen molar-refractivity contribution in [3.8, 4) is 11.3 Å². The van der Waals surface area contributed by atoms with Gasteiger partial charge in [-0.15, -0.1) is 16.4 Å². The summed E-state index contributed by atoms with van der Waals surface area (Å²) in [5.74, 6) is -0.940. The van der Waals surface area contributed by atoms with Crippen LogP contribution in [0, 0.1) is 5.82 Å². The van der Waals surface area contributed by atoms with Crippen LogP contribution in [0.2, 0.25) is 0 Å². The van der Waals surface area contributed by atoms with Crippen molar-refractivity contribution in [3.05, 3.63) is 81.8 Å². The molecule has 0 saturated carbocycles. The molecule has 5 aromatic rings. The molecule has 0 aliphatic heterocycles. The van der Waals surface area contributed by atoms with E-state index in [1.165, 1.54) is 29.5 Å². The molecule has 3 aromatic heterocycles. The fourth-order valence-corrected chi connectivity index (χ4v) is 3.77. The second kappa shape index (κ2) is 6.64. The zero-order valence-electron chi connectivity index (χ0n) is 14.6. The average molecular weight is 406 g/mol. The van der Waals surface area contributed by atoms with Crippen LogP contribution in [0.1, 0.15) is 10.4 Å². The van der Waals surface area contributed by atoms with Crippen molar-refractivity contribution in [2.75, 3.05) is 5.32 Å². The van der Waals surface area contributed by atoms with Crippen LogP contribution in [-0.2, 0) is 0 Å². The molecule has 1 N–H and O–H groups in total. The number of nitrogens with one attached hydrogen (secondary N) is 1. The molecule has 0 saturated heterocycles. The fraction of sp³-hybridized carbons (Fsp3) is 0. The minimum atomic E-state index is -0.741. The molecule has 0 aliphatic carbocycles. The highest BCUT2D eigenvalue weighted by molar-refractivity contribution is 7.15. The lowest BCUT2D eigenvalue weighted by Crippen LogP contribution is -2.21. The number of amides is 1. The normalized spacial score (nSPS) is 11.2. The number of carbonyl (C=O) groups is 1. The average Bonchev–Trinajstić information content (AvgIpc) is 3.28. The Bertz CT molecular complexity index is 1440. The fourth-order valence-electron chi connectivity index (χ4n) is 2.94. The van der Waals surface area contributed by atoms with Crippen LogP contribution in [0.5, 0.6) is 0 Å². The Morgan fingerprint density at radius 3 is 2.76 bits per heavy atom. The first-order chi connectivity index (χ1) is 14.1. The van der Waals surface area contributed by atoms with Crippen molar-refractivity contribution in [1.82, 2.24) is 14.6 Å². The monoisotopic (exact) mass is 406 g/mol. The highest BCUT2D eigenvalue weighted by Crippen LogP contribution is 2.26. The number of halogens is 1. The van der Waals surface area contributed by atoms with Crippen molar-refractivity contribution < 1.29 is 13.6 Å². The van der Waals surface area contributed by atoms with E-state index in [1.807, 2.05) is 5.38 Å². The van der Waals surface area contributed by atoms with Crippen molar-refractivity contribution in [2.45, 2.75) is 0 Å². The third-order valence-electron chi connectivity index (χ3n) is 4.33. The lowest BCUT2D eigenvalue weighted by Gasteiger charge is -2.02. The van der Waals surface area contributed by atoms with Crippen molar-refractivity contribution in [1.29, 1.82) is 0 Å².